The van der Waals surface area contributed by atoms with Crippen LogP contribution in [0.4, 0.5) is 0 Å². The molecule has 1 aliphatic carbocycles. The molecule has 0 bridgehead atoms. The Labute approximate surface area is 126 Å². The van der Waals surface area contributed by atoms with Crippen LogP contribution in [0.2, 0.25) is 0 Å². The van der Waals surface area contributed by atoms with Crippen LogP contribution in [0.3, 0.4) is 0 Å². The van der Waals surface area contributed by atoms with Crippen LogP contribution < -0.4 is 5.32 Å². The van der Waals surface area contributed by atoms with E-state index < -0.39 is 0 Å². The van der Waals surface area contributed by atoms with Crippen molar-refractivity contribution in [3.63, 3.8) is 0 Å². The molecule has 0 unspecified atom stereocenters. The van der Waals surface area contributed by atoms with E-state index in [1.165, 1.54) is 19.3 Å². The van der Waals surface area contributed by atoms with Gasteiger partial charge in [-0.25, -0.2) is 0 Å². The maximum Gasteiger partial charge on any atom is 0.251 e. The lowest BCUT2D eigenvalue weighted by atomic mass is 9.98. The van der Waals surface area contributed by atoms with Crippen LogP contribution in [0.1, 0.15) is 53.6 Å². The minimum atomic E-state index is -0.107. The molecule has 0 aliphatic heterocycles. The second-order valence-electron chi connectivity index (χ2n) is 5.53. The summed E-state index contributed by atoms with van der Waals surface area (Å²) < 4.78 is 5.78. The van der Waals surface area contributed by atoms with Crippen LogP contribution in [-0.2, 0) is 4.74 Å². The Morgan fingerprint density at radius 3 is 2.81 bits per heavy atom. The Balaban J connectivity index is 1.75. The average molecular weight is 286 g/mol. The summed E-state index contributed by atoms with van der Waals surface area (Å²) in [6, 6.07) is 7.17. The van der Waals surface area contributed by atoms with Gasteiger partial charge < -0.3 is 10.1 Å². The first-order chi connectivity index (χ1) is 10.2. The van der Waals surface area contributed by atoms with E-state index in [-0.39, 0.29) is 5.91 Å². The number of benzene rings is 1. The molecule has 2 rings (SSSR count). The van der Waals surface area contributed by atoms with Gasteiger partial charge in [0.2, 0.25) is 0 Å². The van der Waals surface area contributed by atoms with Crippen molar-refractivity contribution in [1.29, 1.82) is 5.26 Å². The van der Waals surface area contributed by atoms with Gasteiger partial charge in [-0.15, -0.1) is 0 Å². The number of nitriles is 1. The molecule has 1 aliphatic rings. The molecule has 1 aromatic rings. The van der Waals surface area contributed by atoms with Crippen molar-refractivity contribution in [1.82, 2.24) is 5.32 Å². The zero-order valence-corrected chi connectivity index (χ0v) is 12.5. The largest absolute Gasteiger partial charge is 0.376 e. The second kappa shape index (κ2) is 7.80. The minimum Gasteiger partial charge on any atom is -0.376 e. The molecule has 4 heteroatoms. The number of carbonyl (C=O) groups excluding carboxylic acids is 1. The summed E-state index contributed by atoms with van der Waals surface area (Å²) in [5, 5.41) is 11.7. The molecule has 1 N–H and O–H groups in total. The molecule has 4 nitrogen and oxygen atoms in total. The van der Waals surface area contributed by atoms with Gasteiger partial charge >= 0.3 is 0 Å². The van der Waals surface area contributed by atoms with Gasteiger partial charge in [-0.05, 0) is 43.5 Å². The van der Waals surface area contributed by atoms with E-state index in [0.29, 0.717) is 30.4 Å². The topological polar surface area (TPSA) is 62.1 Å². The molecule has 1 amide bonds. The van der Waals surface area contributed by atoms with Crippen molar-refractivity contribution in [3.8, 4) is 6.07 Å². The Kier molecular flexibility index (Phi) is 5.77. The van der Waals surface area contributed by atoms with Crippen molar-refractivity contribution in [3.05, 3.63) is 34.9 Å². The number of nitrogens with zero attached hydrogens (tertiary/aromatic N) is 1. The Hall–Kier alpha value is -1.86. The fraction of sp³-hybridized carbons (Fsp3) is 0.529. The number of amides is 1. The minimum absolute atomic E-state index is 0.107. The third kappa shape index (κ3) is 4.57. The van der Waals surface area contributed by atoms with Crippen molar-refractivity contribution >= 4 is 5.91 Å². The number of hydrogen-bond donors (Lipinski definition) is 1. The number of rotatable bonds is 5. The van der Waals surface area contributed by atoms with E-state index in [4.69, 9.17) is 10.00 Å². The van der Waals surface area contributed by atoms with Gasteiger partial charge in [0.1, 0.15) is 0 Å². The molecule has 21 heavy (non-hydrogen) atoms. The SMILES string of the molecule is Cc1cc(C#N)ccc1C(=O)NCCOC1CCCCC1. The van der Waals surface area contributed by atoms with Crippen LogP contribution in [0.15, 0.2) is 18.2 Å². The van der Waals surface area contributed by atoms with Crippen LogP contribution in [-0.4, -0.2) is 25.2 Å². The first-order valence-corrected chi connectivity index (χ1v) is 7.61. The summed E-state index contributed by atoms with van der Waals surface area (Å²) in [5.74, 6) is -0.107. The number of nitrogens with one attached hydrogen (secondary N) is 1. The molecule has 112 valence electrons. The summed E-state index contributed by atoms with van der Waals surface area (Å²) >= 11 is 0. The fourth-order valence-corrected chi connectivity index (χ4v) is 2.71. The van der Waals surface area contributed by atoms with E-state index in [9.17, 15) is 4.79 Å². The third-order valence-electron chi connectivity index (χ3n) is 3.89. The first kappa shape index (κ1) is 15.5. The Morgan fingerprint density at radius 2 is 2.14 bits per heavy atom. The molecule has 0 aromatic heterocycles. The maximum absolute atomic E-state index is 12.1. The third-order valence-corrected chi connectivity index (χ3v) is 3.89. The highest BCUT2D eigenvalue weighted by Crippen LogP contribution is 2.19. The van der Waals surface area contributed by atoms with Crippen molar-refractivity contribution in [2.45, 2.75) is 45.1 Å². The van der Waals surface area contributed by atoms with Gasteiger partial charge in [0, 0.05) is 12.1 Å². The first-order valence-electron chi connectivity index (χ1n) is 7.61. The lowest BCUT2D eigenvalue weighted by molar-refractivity contribution is 0.0299. The molecule has 1 fully saturated rings. The van der Waals surface area contributed by atoms with Gasteiger partial charge in [0.25, 0.3) is 5.91 Å². The van der Waals surface area contributed by atoms with Crippen LogP contribution >= 0.6 is 0 Å². The van der Waals surface area contributed by atoms with Gasteiger partial charge in [-0.1, -0.05) is 19.3 Å². The predicted molar refractivity (Wildman–Crippen MR) is 81.1 cm³/mol. The molecule has 0 atom stereocenters. The van der Waals surface area contributed by atoms with Gasteiger partial charge in [-0.3, -0.25) is 4.79 Å². The zero-order valence-electron chi connectivity index (χ0n) is 12.5. The smallest absolute Gasteiger partial charge is 0.251 e. The highest BCUT2D eigenvalue weighted by molar-refractivity contribution is 5.95. The highest BCUT2D eigenvalue weighted by Gasteiger charge is 2.14. The van der Waals surface area contributed by atoms with Crippen molar-refractivity contribution in [2.75, 3.05) is 13.2 Å². The monoisotopic (exact) mass is 286 g/mol. The van der Waals surface area contributed by atoms with Crippen LogP contribution in [0.25, 0.3) is 0 Å². The molecule has 1 aromatic carbocycles. The summed E-state index contributed by atoms with van der Waals surface area (Å²) in [5.41, 5.74) is 2.01. The number of hydrogen-bond acceptors (Lipinski definition) is 3. The van der Waals surface area contributed by atoms with E-state index in [2.05, 4.69) is 11.4 Å². The van der Waals surface area contributed by atoms with E-state index in [1.807, 2.05) is 6.92 Å². The highest BCUT2D eigenvalue weighted by atomic mass is 16.5. The van der Waals surface area contributed by atoms with E-state index in [1.54, 1.807) is 18.2 Å². The molecule has 0 radical (unpaired) electrons. The molecule has 0 heterocycles. The second-order valence-corrected chi connectivity index (χ2v) is 5.53. The van der Waals surface area contributed by atoms with Gasteiger partial charge in [-0.2, -0.15) is 5.26 Å². The molecular weight excluding hydrogens is 264 g/mol. The summed E-state index contributed by atoms with van der Waals surface area (Å²) in [6.07, 6.45) is 6.47. The van der Waals surface area contributed by atoms with Gasteiger partial charge in [0.15, 0.2) is 0 Å². The maximum atomic E-state index is 12.1. The lowest BCUT2D eigenvalue weighted by Crippen LogP contribution is -2.29. The van der Waals surface area contributed by atoms with Gasteiger partial charge in [0.05, 0.1) is 24.3 Å². The lowest BCUT2D eigenvalue weighted by Gasteiger charge is -2.22. The summed E-state index contributed by atoms with van der Waals surface area (Å²) in [6.45, 7) is 2.93. The summed E-state index contributed by atoms with van der Waals surface area (Å²) in [7, 11) is 0. The van der Waals surface area contributed by atoms with Crippen LogP contribution in [0.5, 0.6) is 0 Å². The van der Waals surface area contributed by atoms with Crippen molar-refractivity contribution < 1.29 is 9.53 Å². The molecular formula is C17H22N2O2. The molecule has 1 saturated carbocycles. The Morgan fingerprint density at radius 1 is 1.38 bits per heavy atom. The number of aryl methyl sites for hydroxylation is 1. The Bertz CT molecular complexity index is 528. The molecule has 0 saturated heterocycles. The fourth-order valence-electron chi connectivity index (χ4n) is 2.71. The predicted octanol–water partition coefficient (Wildman–Crippen LogP) is 2.95. The van der Waals surface area contributed by atoms with E-state index >= 15 is 0 Å². The van der Waals surface area contributed by atoms with E-state index in [0.717, 1.165) is 18.4 Å². The zero-order chi connectivity index (χ0) is 15.1. The van der Waals surface area contributed by atoms with Crippen molar-refractivity contribution in [2.24, 2.45) is 0 Å². The number of carbonyl (C=O) groups is 1. The standard InChI is InChI=1S/C17H22N2O2/c1-13-11-14(12-18)7-8-16(13)17(20)19-9-10-21-15-5-3-2-4-6-15/h7-8,11,15H,2-6,9-10H2,1H3,(H,19,20). The van der Waals surface area contributed by atoms with Crippen LogP contribution in [0, 0.1) is 18.3 Å². The average Bonchev–Trinajstić information content (AvgIpc) is 2.52. The number of ether oxygens (including phenoxy) is 1. The normalized spacial score (nSPS) is 15.4. The summed E-state index contributed by atoms with van der Waals surface area (Å²) in [4.78, 5) is 12.1. The molecule has 0 spiro atoms. The quantitative estimate of drug-likeness (QED) is 0.846.